The molecule has 10 heteroatoms. The summed E-state index contributed by atoms with van der Waals surface area (Å²) in [6.07, 6.45) is -4.81. The Balaban J connectivity index is 1.72. The summed E-state index contributed by atoms with van der Waals surface area (Å²) in [6, 6.07) is 9.37. The summed E-state index contributed by atoms with van der Waals surface area (Å²) in [5, 5.41) is 2.33. The Morgan fingerprint density at radius 3 is 2.07 bits per heavy atom. The molecule has 1 amide bonds. The van der Waals surface area contributed by atoms with Crippen molar-refractivity contribution in [1.82, 2.24) is 0 Å². The fourth-order valence-corrected chi connectivity index (χ4v) is 1.80. The number of carbonyl (C=O) groups excluding carboxylic acids is 2. The number of amides is 1. The molecule has 0 aliphatic rings. The van der Waals surface area contributed by atoms with Crippen molar-refractivity contribution in [3.8, 4) is 11.5 Å². The van der Waals surface area contributed by atoms with Gasteiger partial charge in [0.05, 0.1) is 0 Å². The van der Waals surface area contributed by atoms with Gasteiger partial charge in [-0.25, -0.2) is 9.18 Å². The maximum atomic E-state index is 12.7. The number of carbonyl (C=O) groups is 2. The zero-order valence-corrected chi connectivity index (χ0v) is 13.6. The van der Waals surface area contributed by atoms with Crippen molar-refractivity contribution in [2.75, 3.05) is 18.5 Å². The molecule has 0 atom stereocenters. The first-order valence-corrected chi connectivity index (χ1v) is 7.41. The van der Waals surface area contributed by atoms with Gasteiger partial charge < -0.3 is 19.5 Å². The van der Waals surface area contributed by atoms with Gasteiger partial charge in [-0.2, -0.15) is 0 Å². The Morgan fingerprint density at radius 2 is 1.48 bits per heavy atom. The average Bonchev–Trinajstić information content (AvgIpc) is 2.60. The number of rotatable bonds is 7. The third-order valence-electron chi connectivity index (χ3n) is 2.91. The zero-order chi connectivity index (χ0) is 19.9. The molecule has 2 aromatic rings. The summed E-state index contributed by atoms with van der Waals surface area (Å²) < 4.78 is 62.3. The number of hydrogen-bond donors (Lipinski definition) is 1. The Bertz CT molecular complexity index is 775. The smallest absolute Gasteiger partial charge is 0.482 e. The van der Waals surface area contributed by atoms with Crippen LogP contribution in [0.4, 0.5) is 23.2 Å². The molecule has 2 aromatic carbocycles. The molecule has 27 heavy (non-hydrogen) atoms. The standard InChI is InChI=1S/C17H13F4NO5/c18-11-1-5-13(6-2-11)25-10-16(24)26-9-15(23)22-12-3-7-14(8-4-12)27-17(19,20)21/h1-8H,9-10H2,(H,22,23). The van der Waals surface area contributed by atoms with Crippen LogP contribution in [-0.4, -0.2) is 31.5 Å². The van der Waals surface area contributed by atoms with Crippen molar-refractivity contribution >= 4 is 17.6 Å². The third kappa shape index (κ3) is 7.63. The van der Waals surface area contributed by atoms with E-state index in [2.05, 4.69) is 14.8 Å². The molecule has 0 bridgehead atoms. The van der Waals surface area contributed by atoms with Gasteiger partial charge in [-0.1, -0.05) is 0 Å². The molecule has 0 spiro atoms. The number of halogens is 4. The predicted octanol–water partition coefficient (Wildman–Crippen LogP) is 3.29. The summed E-state index contributed by atoms with van der Waals surface area (Å²) >= 11 is 0. The van der Waals surface area contributed by atoms with E-state index >= 15 is 0 Å². The van der Waals surface area contributed by atoms with E-state index in [-0.39, 0.29) is 11.4 Å². The normalized spacial score (nSPS) is 10.8. The van der Waals surface area contributed by atoms with Crippen molar-refractivity contribution in [2.45, 2.75) is 6.36 Å². The van der Waals surface area contributed by atoms with E-state index in [9.17, 15) is 27.2 Å². The van der Waals surface area contributed by atoms with Crippen LogP contribution in [0.25, 0.3) is 0 Å². The van der Waals surface area contributed by atoms with E-state index in [1.807, 2.05) is 0 Å². The molecular formula is C17H13F4NO5. The van der Waals surface area contributed by atoms with E-state index in [1.54, 1.807) is 0 Å². The number of hydrogen-bond acceptors (Lipinski definition) is 5. The molecule has 0 aromatic heterocycles. The number of alkyl halides is 3. The lowest BCUT2D eigenvalue weighted by atomic mass is 10.3. The maximum absolute atomic E-state index is 12.7. The topological polar surface area (TPSA) is 73.9 Å². The van der Waals surface area contributed by atoms with Crippen LogP contribution < -0.4 is 14.8 Å². The van der Waals surface area contributed by atoms with Gasteiger partial charge in [0, 0.05) is 5.69 Å². The minimum atomic E-state index is -4.81. The van der Waals surface area contributed by atoms with E-state index in [4.69, 9.17) is 4.74 Å². The summed E-state index contributed by atoms with van der Waals surface area (Å²) in [5.74, 6) is -2.18. The Kier molecular flexibility index (Phi) is 6.58. The molecule has 0 aliphatic heterocycles. The second-order valence-electron chi connectivity index (χ2n) is 5.02. The third-order valence-corrected chi connectivity index (χ3v) is 2.91. The molecule has 144 valence electrons. The number of esters is 1. The van der Waals surface area contributed by atoms with Crippen molar-refractivity contribution in [1.29, 1.82) is 0 Å². The summed E-state index contributed by atoms with van der Waals surface area (Å²) in [6.45, 7) is -1.10. The first-order chi connectivity index (χ1) is 12.7. The Hall–Kier alpha value is -3.30. The fourth-order valence-electron chi connectivity index (χ4n) is 1.80. The highest BCUT2D eigenvalue weighted by atomic mass is 19.4. The van der Waals surface area contributed by atoms with Gasteiger partial charge in [0.25, 0.3) is 5.91 Å². The zero-order valence-electron chi connectivity index (χ0n) is 13.6. The molecule has 1 N–H and O–H groups in total. The van der Waals surface area contributed by atoms with Gasteiger partial charge >= 0.3 is 12.3 Å². The molecule has 0 radical (unpaired) electrons. The van der Waals surface area contributed by atoms with Gasteiger partial charge in [-0.3, -0.25) is 4.79 Å². The summed E-state index contributed by atoms with van der Waals surface area (Å²) in [4.78, 5) is 23.2. The molecule has 0 fully saturated rings. The van der Waals surface area contributed by atoms with E-state index < -0.39 is 43.0 Å². The highest BCUT2D eigenvalue weighted by Crippen LogP contribution is 2.23. The lowest BCUT2D eigenvalue weighted by Gasteiger charge is -2.10. The van der Waals surface area contributed by atoms with Gasteiger partial charge in [0.1, 0.15) is 17.3 Å². The number of benzene rings is 2. The van der Waals surface area contributed by atoms with Crippen molar-refractivity contribution in [3.63, 3.8) is 0 Å². The van der Waals surface area contributed by atoms with Crippen LogP contribution in [0.1, 0.15) is 0 Å². The second-order valence-corrected chi connectivity index (χ2v) is 5.02. The van der Waals surface area contributed by atoms with Crippen LogP contribution in [0.2, 0.25) is 0 Å². The molecule has 0 unspecified atom stereocenters. The summed E-state index contributed by atoms with van der Waals surface area (Å²) in [7, 11) is 0. The van der Waals surface area contributed by atoms with Crippen molar-refractivity contribution < 1.29 is 41.4 Å². The molecule has 0 saturated heterocycles. The average molecular weight is 387 g/mol. The first-order valence-electron chi connectivity index (χ1n) is 7.41. The molecule has 0 heterocycles. The van der Waals surface area contributed by atoms with Crippen LogP contribution in [0.3, 0.4) is 0 Å². The fraction of sp³-hybridized carbons (Fsp3) is 0.176. The number of nitrogens with one attached hydrogen (secondary N) is 1. The Morgan fingerprint density at radius 1 is 0.889 bits per heavy atom. The highest BCUT2D eigenvalue weighted by molar-refractivity contribution is 5.92. The largest absolute Gasteiger partial charge is 0.573 e. The van der Waals surface area contributed by atoms with Crippen LogP contribution >= 0.6 is 0 Å². The van der Waals surface area contributed by atoms with Crippen LogP contribution in [0.15, 0.2) is 48.5 Å². The van der Waals surface area contributed by atoms with E-state index in [1.165, 1.54) is 24.3 Å². The van der Waals surface area contributed by atoms with Crippen LogP contribution in [0.5, 0.6) is 11.5 Å². The van der Waals surface area contributed by atoms with Crippen molar-refractivity contribution in [3.05, 3.63) is 54.3 Å². The minimum absolute atomic E-state index is 0.188. The van der Waals surface area contributed by atoms with Gasteiger partial charge in [0.15, 0.2) is 13.2 Å². The van der Waals surface area contributed by atoms with Crippen LogP contribution in [0, 0.1) is 5.82 Å². The maximum Gasteiger partial charge on any atom is 0.573 e. The number of anilines is 1. The molecule has 0 aliphatic carbocycles. The monoisotopic (exact) mass is 387 g/mol. The first kappa shape index (κ1) is 20.0. The van der Waals surface area contributed by atoms with E-state index in [0.29, 0.717) is 0 Å². The Labute approximate surface area is 150 Å². The SMILES string of the molecule is O=C(COC(=O)COc1ccc(F)cc1)Nc1ccc(OC(F)(F)F)cc1. The predicted molar refractivity (Wildman–Crippen MR) is 84.6 cm³/mol. The number of ether oxygens (including phenoxy) is 3. The van der Waals surface area contributed by atoms with E-state index in [0.717, 1.165) is 24.3 Å². The summed E-state index contributed by atoms with van der Waals surface area (Å²) in [5.41, 5.74) is 0.188. The molecule has 2 rings (SSSR count). The molecular weight excluding hydrogens is 374 g/mol. The second kappa shape index (κ2) is 8.88. The lowest BCUT2D eigenvalue weighted by molar-refractivity contribution is -0.274. The van der Waals surface area contributed by atoms with Gasteiger partial charge in [0.2, 0.25) is 0 Å². The van der Waals surface area contributed by atoms with Crippen molar-refractivity contribution in [2.24, 2.45) is 0 Å². The lowest BCUT2D eigenvalue weighted by Crippen LogP contribution is -2.23. The molecule has 6 nitrogen and oxygen atoms in total. The van der Waals surface area contributed by atoms with Gasteiger partial charge in [-0.15, -0.1) is 13.2 Å². The molecule has 0 saturated carbocycles. The van der Waals surface area contributed by atoms with Gasteiger partial charge in [-0.05, 0) is 48.5 Å². The quantitative estimate of drug-likeness (QED) is 0.583. The minimum Gasteiger partial charge on any atom is -0.482 e. The highest BCUT2D eigenvalue weighted by Gasteiger charge is 2.30. The van der Waals surface area contributed by atoms with Crippen LogP contribution in [-0.2, 0) is 14.3 Å².